The third-order valence-corrected chi connectivity index (χ3v) is 7.75. The highest BCUT2D eigenvalue weighted by Gasteiger charge is 2.24. The first-order chi connectivity index (χ1) is 25.3. The van der Waals surface area contributed by atoms with E-state index in [-0.39, 0.29) is 52.7 Å². The van der Waals surface area contributed by atoms with Crippen LogP contribution in [0.2, 0.25) is 0 Å². The fourth-order valence-electron chi connectivity index (χ4n) is 5.05. The lowest BCUT2D eigenvalue weighted by Crippen LogP contribution is -2.37. The van der Waals surface area contributed by atoms with E-state index in [2.05, 4.69) is 23.8 Å². The van der Waals surface area contributed by atoms with E-state index in [9.17, 15) is 19.2 Å². The molecule has 2 atom stereocenters. The molecule has 0 bridgehead atoms. The average molecular weight is 727 g/mol. The zero-order valence-electron chi connectivity index (χ0n) is 29.5. The van der Waals surface area contributed by atoms with Crippen molar-refractivity contribution in [1.82, 2.24) is 10.6 Å². The van der Waals surface area contributed by atoms with Crippen LogP contribution in [0, 0.1) is 11.8 Å². The number of nitrogens with one attached hydrogen (secondary N) is 2. The molecule has 52 heavy (non-hydrogen) atoms. The van der Waals surface area contributed by atoms with Crippen LogP contribution in [0.15, 0.2) is 86.0 Å². The Balaban J connectivity index is 1.37. The van der Waals surface area contributed by atoms with Crippen molar-refractivity contribution in [2.75, 3.05) is 65.9 Å². The van der Waals surface area contributed by atoms with Crippen molar-refractivity contribution < 1.29 is 57.1 Å². The Labute approximate surface area is 304 Å². The lowest BCUT2D eigenvalue weighted by Gasteiger charge is -2.29. The van der Waals surface area contributed by atoms with Crippen molar-refractivity contribution in [3.8, 4) is 11.5 Å². The van der Waals surface area contributed by atoms with Gasteiger partial charge in [-0.3, -0.25) is 0 Å². The van der Waals surface area contributed by atoms with Crippen LogP contribution in [0.3, 0.4) is 0 Å². The maximum Gasteiger partial charge on any atom is 0.407 e. The van der Waals surface area contributed by atoms with Crippen LogP contribution in [0.25, 0.3) is 0 Å². The van der Waals surface area contributed by atoms with Crippen molar-refractivity contribution in [3.05, 3.63) is 86.0 Å². The van der Waals surface area contributed by atoms with Gasteiger partial charge in [0.05, 0.1) is 26.3 Å². The molecule has 1 saturated carbocycles. The topological polar surface area (TPSA) is 166 Å². The molecule has 284 valence electrons. The second-order valence-electron chi connectivity index (χ2n) is 11.9. The SMILES string of the molecule is C=CC(=O)OCCNC(=O)OC(COCC1CCC(COCC(COc2ccccc2)OC(=O)NCCOC(=O)C=C)CC1)COc1ccccc1. The summed E-state index contributed by atoms with van der Waals surface area (Å²) in [5, 5.41) is 5.10. The van der Waals surface area contributed by atoms with Gasteiger partial charge >= 0.3 is 24.1 Å². The molecule has 2 aromatic carbocycles. The first-order valence-electron chi connectivity index (χ1n) is 17.3. The van der Waals surface area contributed by atoms with Gasteiger partial charge in [-0.2, -0.15) is 0 Å². The number of para-hydroxylation sites is 2. The predicted octanol–water partition coefficient (Wildman–Crippen LogP) is 4.63. The van der Waals surface area contributed by atoms with Crippen molar-refractivity contribution in [2.45, 2.75) is 37.9 Å². The van der Waals surface area contributed by atoms with Crippen LogP contribution in [0.5, 0.6) is 11.5 Å². The fourth-order valence-corrected chi connectivity index (χ4v) is 5.05. The van der Waals surface area contributed by atoms with E-state index in [1.807, 2.05) is 60.7 Å². The number of benzene rings is 2. The number of hydrogen-bond donors (Lipinski definition) is 2. The molecule has 1 aliphatic carbocycles. The van der Waals surface area contributed by atoms with Crippen molar-refractivity contribution in [3.63, 3.8) is 0 Å². The Morgan fingerprint density at radius 2 is 1.00 bits per heavy atom. The van der Waals surface area contributed by atoms with E-state index in [0.29, 0.717) is 36.5 Å². The largest absolute Gasteiger partial charge is 0.490 e. The summed E-state index contributed by atoms with van der Waals surface area (Å²) >= 11 is 0. The maximum absolute atomic E-state index is 12.4. The summed E-state index contributed by atoms with van der Waals surface area (Å²) in [5.41, 5.74) is 0. The fraction of sp³-hybridized carbons (Fsp3) is 0.474. The molecule has 3 rings (SSSR count). The van der Waals surface area contributed by atoms with Gasteiger partial charge in [0.1, 0.15) is 37.9 Å². The minimum atomic E-state index is -0.674. The van der Waals surface area contributed by atoms with E-state index < -0.39 is 36.3 Å². The number of rotatable bonds is 24. The number of carbonyl (C=O) groups excluding carboxylic acids is 4. The van der Waals surface area contributed by atoms with E-state index in [4.69, 9.17) is 37.9 Å². The van der Waals surface area contributed by atoms with Gasteiger partial charge in [0.25, 0.3) is 0 Å². The second kappa shape index (κ2) is 25.0. The molecular weight excluding hydrogens is 676 g/mol. The summed E-state index contributed by atoms with van der Waals surface area (Å²) < 4.78 is 44.4. The Morgan fingerprint density at radius 3 is 1.37 bits per heavy atom. The molecule has 0 aromatic heterocycles. The summed E-state index contributed by atoms with van der Waals surface area (Å²) in [6.45, 7) is 8.30. The highest BCUT2D eigenvalue weighted by molar-refractivity contribution is 5.81. The predicted molar refractivity (Wildman–Crippen MR) is 190 cm³/mol. The molecule has 0 heterocycles. The lowest BCUT2D eigenvalue weighted by atomic mass is 9.83. The standard InChI is InChI=1S/C38H50N2O12/c1-3-35(41)47-21-19-39-37(43)51-33(27-49-31-11-7-5-8-12-31)25-45-23-29-15-17-30(18-16-29)24-46-26-34(28-50-32-13-9-6-10-14-32)52-38(44)40-20-22-48-36(42)4-2/h3-14,29-30,33-34H,1-2,15-28H2,(H,39,43)(H,40,44). The molecule has 1 aliphatic rings. The Kier molecular flexibility index (Phi) is 19.8. The monoisotopic (exact) mass is 726 g/mol. The summed E-state index contributed by atoms with van der Waals surface area (Å²) in [7, 11) is 0. The van der Waals surface area contributed by atoms with Crippen LogP contribution < -0.4 is 20.1 Å². The van der Waals surface area contributed by atoms with E-state index >= 15 is 0 Å². The first kappa shape index (κ1) is 41.3. The molecule has 2 aromatic rings. The quantitative estimate of drug-likeness (QED) is 0.0668. The molecule has 0 aliphatic heterocycles. The van der Waals surface area contributed by atoms with Crippen LogP contribution >= 0.6 is 0 Å². The van der Waals surface area contributed by atoms with Crippen LogP contribution in [-0.2, 0) is 38.0 Å². The third-order valence-electron chi connectivity index (χ3n) is 7.75. The summed E-state index contributed by atoms with van der Waals surface area (Å²) in [6, 6.07) is 18.4. The first-order valence-corrected chi connectivity index (χ1v) is 17.3. The molecule has 2 amide bonds. The van der Waals surface area contributed by atoms with Crippen LogP contribution in [-0.4, -0.2) is 102 Å². The molecule has 0 radical (unpaired) electrons. The minimum absolute atomic E-state index is 0.0124. The van der Waals surface area contributed by atoms with E-state index in [1.54, 1.807) is 0 Å². The third kappa shape index (κ3) is 18.2. The summed E-state index contributed by atoms with van der Waals surface area (Å²) in [4.78, 5) is 47.1. The number of ether oxygens (including phenoxy) is 8. The molecule has 2 N–H and O–H groups in total. The molecule has 14 nitrogen and oxygen atoms in total. The van der Waals surface area contributed by atoms with Gasteiger partial charge in [-0.15, -0.1) is 0 Å². The van der Waals surface area contributed by atoms with Crippen molar-refractivity contribution in [2.24, 2.45) is 11.8 Å². The van der Waals surface area contributed by atoms with E-state index in [0.717, 1.165) is 37.8 Å². The lowest BCUT2D eigenvalue weighted by molar-refractivity contribution is -0.138. The van der Waals surface area contributed by atoms with Gasteiger partial charge in [-0.25, -0.2) is 19.2 Å². The van der Waals surface area contributed by atoms with Gasteiger partial charge in [-0.1, -0.05) is 49.6 Å². The molecule has 2 unspecified atom stereocenters. The highest BCUT2D eigenvalue weighted by atomic mass is 16.6. The molecular formula is C38H50N2O12. The van der Waals surface area contributed by atoms with Crippen LogP contribution in [0.4, 0.5) is 9.59 Å². The summed E-state index contributed by atoms with van der Waals surface area (Å²) in [5.74, 6) is 0.806. The molecule has 1 fully saturated rings. The number of alkyl carbamates (subject to hydrolysis) is 2. The number of amides is 2. The Bertz CT molecular complexity index is 1250. The van der Waals surface area contributed by atoms with Crippen LogP contribution in [0.1, 0.15) is 25.7 Å². The van der Waals surface area contributed by atoms with Gasteiger partial charge in [0.2, 0.25) is 0 Å². The van der Waals surface area contributed by atoms with Gasteiger partial charge < -0.3 is 48.5 Å². The molecule has 0 saturated heterocycles. The number of hydrogen-bond acceptors (Lipinski definition) is 12. The second-order valence-corrected chi connectivity index (χ2v) is 11.9. The minimum Gasteiger partial charge on any atom is -0.490 e. The number of esters is 2. The van der Waals surface area contributed by atoms with Crippen molar-refractivity contribution >= 4 is 24.1 Å². The zero-order valence-corrected chi connectivity index (χ0v) is 29.5. The zero-order chi connectivity index (χ0) is 37.2. The maximum atomic E-state index is 12.4. The highest BCUT2D eigenvalue weighted by Crippen LogP contribution is 2.29. The summed E-state index contributed by atoms with van der Waals surface area (Å²) in [6.07, 6.45) is 3.19. The number of carbonyl (C=O) groups is 4. The molecule has 14 heteroatoms. The smallest absolute Gasteiger partial charge is 0.407 e. The normalized spacial score (nSPS) is 16.2. The average Bonchev–Trinajstić information content (AvgIpc) is 3.17. The van der Waals surface area contributed by atoms with Gasteiger partial charge in [0.15, 0.2) is 12.2 Å². The van der Waals surface area contributed by atoms with Gasteiger partial charge in [-0.05, 0) is 61.8 Å². The van der Waals surface area contributed by atoms with Crippen molar-refractivity contribution in [1.29, 1.82) is 0 Å². The Morgan fingerprint density at radius 1 is 0.615 bits per heavy atom. The molecule has 0 spiro atoms. The Hall–Kier alpha value is -5.08. The van der Waals surface area contributed by atoms with E-state index in [1.165, 1.54) is 0 Å². The van der Waals surface area contributed by atoms with Gasteiger partial charge in [0, 0.05) is 25.4 Å².